The molecule has 0 bridgehead atoms. The van der Waals surface area contributed by atoms with Gasteiger partial charge in [0.2, 0.25) is 0 Å². The Hall–Kier alpha value is -1.93. The Balaban J connectivity index is 3.27. The molecule has 0 fully saturated rings. The molecule has 1 atom stereocenters. The molecule has 0 amide bonds. The second-order valence-corrected chi connectivity index (χ2v) is 6.15. The summed E-state index contributed by atoms with van der Waals surface area (Å²) in [6, 6.07) is 3.22. The second kappa shape index (κ2) is 8.79. The van der Waals surface area contributed by atoms with E-state index in [0.717, 1.165) is 25.6 Å². The molecule has 1 aromatic heterocycles. The zero-order valence-corrected chi connectivity index (χ0v) is 14.9. The van der Waals surface area contributed by atoms with Crippen LogP contribution in [0.3, 0.4) is 0 Å². The number of esters is 3. The van der Waals surface area contributed by atoms with E-state index in [4.69, 9.17) is 16.3 Å². The van der Waals surface area contributed by atoms with E-state index in [1.54, 1.807) is 24.4 Å². The summed E-state index contributed by atoms with van der Waals surface area (Å²) in [5, 5.41) is 1.68. The van der Waals surface area contributed by atoms with E-state index in [1.807, 2.05) is 0 Å². The average Bonchev–Trinajstić information content (AvgIpc) is 3.12. The van der Waals surface area contributed by atoms with Gasteiger partial charge < -0.3 is 14.2 Å². The highest BCUT2D eigenvalue weighted by molar-refractivity contribution is 7.12. The van der Waals surface area contributed by atoms with Crippen molar-refractivity contribution in [3.63, 3.8) is 0 Å². The molecule has 0 saturated carbocycles. The Labute approximate surface area is 147 Å². The molecule has 0 radical (unpaired) electrons. The minimum atomic E-state index is -2.51. The first-order valence-electron chi connectivity index (χ1n) is 6.91. The summed E-state index contributed by atoms with van der Waals surface area (Å²) in [5.41, 5.74) is 0. The fourth-order valence-electron chi connectivity index (χ4n) is 2.02. The fraction of sp³-hybridized carbons (Fsp3) is 0.467. The van der Waals surface area contributed by atoms with E-state index >= 15 is 0 Å². The Kier molecular flexibility index (Phi) is 7.37. The predicted octanol–water partition coefficient (Wildman–Crippen LogP) is 1.82. The fourth-order valence-corrected chi connectivity index (χ4v) is 3.01. The molecule has 1 rings (SSSR count). The lowest BCUT2D eigenvalue weighted by atomic mass is 9.86. The van der Waals surface area contributed by atoms with Gasteiger partial charge in [-0.3, -0.25) is 9.59 Å². The summed E-state index contributed by atoms with van der Waals surface area (Å²) in [7, 11) is 2.01. The van der Waals surface area contributed by atoms with Crippen molar-refractivity contribution in [2.45, 2.75) is 18.2 Å². The molecule has 7 nitrogen and oxygen atoms in total. The number of carbonyl (C=O) groups excluding carboxylic acids is 4. The lowest BCUT2D eigenvalue weighted by molar-refractivity contribution is -0.166. The molecule has 0 aliphatic carbocycles. The van der Waals surface area contributed by atoms with Crippen LogP contribution in [0.15, 0.2) is 17.5 Å². The SMILES string of the molecule is CCOC(=O)[C@H](CC(=O)c1cccs1)C(Cl)(C(=O)OC)C(=O)OC. The number of halogens is 1. The number of ether oxygens (including phenoxy) is 3. The maximum Gasteiger partial charge on any atom is 0.339 e. The maximum absolute atomic E-state index is 12.3. The van der Waals surface area contributed by atoms with Crippen LogP contribution in [0.2, 0.25) is 0 Å². The number of alkyl halides is 1. The Morgan fingerprint density at radius 1 is 1.21 bits per heavy atom. The standard InChI is InChI=1S/C15H17ClO7S/c1-4-23-12(18)9(8-10(17)11-6-5-7-24-11)15(16,13(19)21-2)14(20)22-3/h5-7,9H,4,8H2,1-3H3/t9-/m0/s1. The zero-order valence-electron chi connectivity index (χ0n) is 13.4. The van der Waals surface area contributed by atoms with Crippen molar-refractivity contribution in [3.05, 3.63) is 22.4 Å². The van der Waals surface area contributed by atoms with Crippen molar-refractivity contribution < 1.29 is 33.4 Å². The van der Waals surface area contributed by atoms with E-state index in [-0.39, 0.29) is 6.61 Å². The van der Waals surface area contributed by atoms with Gasteiger partial charge in [0.05, 0.1) is 25.7 Å². The highest BCUT2D eigenvalue weighted by Gasteiger charge is 2.57. The van der Waals surface area contributed by atoms with Gasteiger partial charge in [0.15, 0.2) is 5.78 Å². The van der Waals surface area contributed by atoms with E-state index in [0.29, 0.717) is 4.88 Å². The molecule has 0 aliphatic rings. The smallest absolute Gasteiger partial charge is 0.339 e. The molecule has 24 heavy (non-hydrogen) atoms. The van der Waals surface area contributed by atoms with Crippen LogP contribution in [0.1, 0.15) is 23.0 Å². The van der Waals surface area contributed by atoms with Gasteiger partial charge in [-0.05, 0) is 18.4 Å². The molecule has 0 saturated heterocycles. The molecular formula is C15H17ClO7S. The molecule has 9 heteroatoms. The summed E-state index contributed by atoms with van der Waals surface area (Å²) < 4.78 is 13.9. The second-order valence-electron chi connectivity index (χ2n) is 4.60. The molecule has 1 aromatic rings. The van der Waals surface area contributed by atoms with Crippen LogP contribution in [-0.4, -0.2) is 49.4 Å². The van der Waals surface area contributed by atoms with Gasteiger partial charge >= 0.3 is 17.9 Å². The molecule has 0 aliphatic heterocycles. The first-order valence-corrected chi connectivity index (χ1v) is 8.17. The number of hydrogen-bond donors (Lipinski definition) is 0. The number of ketones is 1. The third-order valence-electron chi connectivity index (χ3n) is 3.20. The molecule has 0 unspecified atom stereocenters. The quantitative estimate of drug-likeness (QED) is 0.224. The number of rotatable bonds is 8. The summed E-state index contributed by atoms with van der Waals surface area (Å²) in [6.45, 7) is 1.53. The predicted molar refractivity (Wildman–Crippen MR) is 86.0 cm³/mol. The molecule has 132 valence electrons. The summed E-state index contributed by atoms with van der Waals surface area (Å²) >= 11 is 7.30. The first-order chi connectivity index (χ1) is 11.3. The Morgan fingerprint density at radius 3 is 2.21 bits per heavy atom. The van der Waals surface area contributed by atoms with Gasteiger partial charge in [-0.15, -0.1) is 11.3 Å². The van der Waals surface area contributed by atoms with Crippen LogP contribution in [0.5, 0.6) is 0 Å². The average molecular weight is 377 g/mol. The van der Waals surface area contributed by atoms with E-state index < -0.39 is 40.9 Å². The molecule has 0 aromatic carbocycles. The topological polar surface area (TPSA) is 96.0 Å². The molecule has 1 heterocycles. The van der Waals surface area contributed by atoms with Crippen molar-refractivity contribution in [1.82, 2.24) is 0 Å². The number of methoxy groups -OCH3 is 2. The number of hydrogen-bond acceptors (Lipinski definition) is 8. The minimum Gasteiger partial charge on any atom is -0.467 e. The lowest BCUT2D eigenvalue weighted by Crippen LogP contribution is -2.53. The van der Waals surface area contributed by atoms with Crippen molar-refractivity contribution in [1.29, 1.82) is 0 Å². The van der Waals surface area contributed by atoms with Crippen LogP contribution in [-0.2, 0) is 28.6 Å². The van der Waals surface area contributed by atoms with Crippen LogP contribution in [0, 0.1) is 5.92 Å². The van der Waals surface area contributed by atoms with E-state index in [9.17, 15) is 19.2 Å². The van der Waals surface area contributed by atoms with E-state index in [1.165, 1.54) is 0 Å². The maximum atomic E-state index is 12.3. The summed E-state index contributed by atoms with van der Waals surface area (Å²) in [6.07, 6.45) is -0.507. The third-order valence-corrected chi connectivity index (χ3v) is 4.68. The molecule has 0 spiro atoms. The highest BCUT2D eigenvalue weighted by Crippen LogP contribution is 2.34. The third kappa shape index (κ3) is 4.12. The van der Waals surface area contributed by atoms with E-state index in [2.05, 4.69) is 9.47 Å². The highest BCUT2D eigenvalue weighted by atomic mass is 35.5. The zero-order chi connectivity index (χ0) is 18.3. The molecular weight excluding hydrogens is 360 g/mol. The monoisotopic (exact) mass is 376 g/mol. The van der Waals surface area contributed by atoms with Crippen molar-refractivity contribution >= 4 is 46.6 Å². The van der Waals surface area contributed by atoms with Gasteiger partial charge in [0.25, 0.3) is 4.87 Å². The van der Waals surface area contributed by atoms with Gasteiger partial charge in [-0.2, -0.15) is 0 Å². The van der Waals surface area contributed by atoms with Crippen molar-refractivity contribution in [2.24, 2.45) is 5.92 Å². The number of Topliss-reactive ketones (excluding diaryl/α,β-unsaturated/α-hetero) is 1. The Morgan fingerprint density at radius 2 is 1.79 bits per heavy atom. The van der Waals surface area contributed by atoms with Crippen LogP contribution < -0.4 is 0 Å². The van der Waals surface area contributed by atoms with Crippen molar-refractivity contribution in [2.75, 3.05) is 20.8 Å². The summed E-state index contributed by atoms with van der Waals surface area (Å²) in [5.74, 6) is -5.41. The first kappa shape index (κ1) is 20.1. The normalized spacial score (nSPS) is 12.2. The van der Waals surface area contributed by atoms with Gasteiger partial charge in [0, 0.05) is 6.42 Å². The van der Waals surface area contributed by atoms with Gasteiger partial charge in [-0.1, -0.05) is 17.7 Å². The molecule has 0 N–H and O–H groups in total. The number of carbonyl (C=O) groups is 4. The minimum absolute atomic E-state index is 0.0160. The largest absolute Gasteiger partial charge is 0.467 e. The van der Waals surface area contributed by atoms with Crippen LogP contribution in [0.25, 0.3) is 0 Å². The van der Waals surface area contributed by atoms with Crippen LogP contribution >= 0.6 is 22.9 Å². The Bertz CT molecular complexity index is 595. The number of thiophene rings is 1. The van der Waals surface area contributed by atoms with Gasteiger partial charge in [0.1, 0.15) is 5.92 Å². The summed E-state index contributed by atoms with van der Waals surface area (Å²) in [4.78, 5) is 46.6. The lowest BCUT2D eigenvalue weighted by Gasteiger charge is -2.28. The van der Waals surface area contributed by atoms with Gasteiger partial charge in [-0.25, -0.2) is 9.59 Å². The van der Waals surface area contributed by atoms with Crippen LogP contribution in [0.4, 0.5) is 0 Å². The van der Waals surface area contributed by atoms with Crippen molar-refractivity contribution in [3.8, 4) is 0 Å².